The maximum absolute atomic E-state index is 5.24. The minimum absolute atomic E-state index is 0.796. The number of hydrogen-bond acceptors (Lipinski definition) is 4. The highest BCUT2D eigenvalue weighted by Gasteiger charge is 2.01. The Hall–Kier alpha value is -0.520. The van der Waals surface area contributed by atoms with Crippen LogP contribution in [0.3, 0.4) is 0 Å². The van der Waals surface area contributed by atoms with Gasteiger partial charge in [0.15, 0.2) is 0 Å². The Kier molecular flexibility index (Phi) is 6.52. The lowest BCUT2D eigenvalue weighted by Crippen LogP contribution is -2.22. The van der Waals surface area contributed by atoms with E-state index in [2.05, 4.69) is 16.5 Å². The van der Waals surface area contributed by atoms with Crippen LogP contribution in [0.15, 0.2) is 11.1 Å². The molecule has 16 heavy (non-hydrogen) atoms. The van der Waals surface area contributed by atoms with E-state index in [-0.39, 0.29) is 0 Å². The van der Waals surface area contributed by atoms with Gasteiger partial charge in [-0.3, -0.25) is 4.68 Å². The van der Waals surface area contributed by atoms with Crippen molar-refractivity contribution in [1.29, 1.82) is 0 Å². The standard InChI is InChI=1S/C11H21N3OS/c1-4-15-7-5-12-6-8-16-11-9-10(2)13-14(11)3/h9,12H,4-8H2,1-3H3. The van der Waals surface area contributed by atoms with Gasteiger partial charge >= 0.3 is 0 Å². The molecule has 0 atom stereocenters. The number of nitrogens with one attached hydrogen (secondary N) is 1. The summed E-state index contributed by atoms with van der Waals surface area (Å²) in [5.41, 5.74) is 1.08. The summed E-state index contributed by atoms with van der Waals surface area (Å²) in [6.07, 6.45) is 0. The molecule has 0 fully saturated rings. The molecule has 0 saturated carbocycles. The molecule has 0 unspecified atom stereocenters. The number of aryl methyl sites for hydroxylation is 2. The van der Waals surface area contributed by atoms with Crippen molar-refractivity contribution in [3.05, 3.63) is 11.8 Å². The number of rotatable bonds is 8. The highest BCUT2D eigenvalue weighted by atomic mass is 32.2. The molecule has 0 amide bonds. The van der Waals surface area contributed by atoms with Crippen LogP contribution in [0.2, 0.25) is 0 Å². The van der Waals surface area contributed by atoms with E-state index in [1.807, 2.05) is 37.3 Å². The fourth-order valence-electron chi connectivity index (χ4n) is 1.36. The minimum atomic E-state index is 0.796. The molecule has 0 aromatic carbocycles. The third-order valence-corrected chi connectivity index (χ3v) is 3.20. The quantitative estimate of drug-likeness (QED) is 0.554. The largest absolute Gasteiger partial charge is 0.380 e. The zero-order valence-electron chi connectivity index (χ0n) is 10.3. The molecular formula is C11H21N3OS. The van der Waals surface area contributed by atoms with Crippen molar-refractivity contribution in [2.75, 3.05) is 32.1 Å². The summed E-state index contributed by atoms with van der Waals surface area (Å²) in [7, 11) is 1.98. The Labute approximate surface area is 102 Å². The van der Waals surface area contributed by atoms with Gasteiger partial charge in [0, 0.05) is 32.5 Å². The summed E-state index contributed by atoms with van der Waals surface area (Å²) in [6, 6.07) is 2.12. The predicted molar refractivity (Wildman–Crippen MR) is 68.0 cm³/mol. The van der Waals surface area contributed by atoms with Crippen LogP contribution in [0, 0.1) is 6.92 Å². The average molecular weight is 243 g/mol. The first-order chi connectivity index (χ1) is 7.74. The Morgan fingerprint density at radius 2 is 2.31 bits per heavy atom. The summed E-state index contributed by atoms with van der Waals surface area (Å²) in [5, 5.41) is 8.87. The van der Waals surface area contributed by atoms with E-state index < -0.39 is 0 Å². The molecule has 0 radical (unpaired) electrons. The summed E-state index contributed by atoms with van der Waals surface area (Å²) >= 11 is 1.83. The van der Waals surface area contributed by atoms with Crippen LogP contribution < -0.4 is 5.32 Å². The van der Waals surface area contributed by atoms with Crippen molar-refractivity contribution >= 4 is 11.8 Å². The molecular weight excluding hydrogens is 222 g/mol. The first kappa shape index (κ1) is 13.5. The van der Waals surface area contributed by atoms with Crippen LogP contribution in [0.4, 0.5) is 0 Å². The van der Waals surface area contributed by atoms with Crippen LogP contribution in [-0.4, -0.2) is 41.8 Å². The summed E-state index contributed by atoms with van der Waals surface area (Å²) in [6.45, 7) is 7.56. The average Bonchev–Trinajstić information content (AvgIpc) is 2.56. The highest BCUT2D eigenvalue weighted by Crippen LogP contribution is 2.17. The predicted octanol–water partition coefficient (Wildman–Crippen LogP) is 1.45. The Morgan fingerprint density at radius 3 is 2.94 bits per heavy atom. The van der Waals surface area contributed by atoms with E-state index in [4.69, 9.17) is 4.74 Å². The molecule has 0 aliphatic rings. The van der Waals surface area contributed by atoms with Crippen molar-refractivity contribution in [2.45, 2.75) is 18.9 Å². The molecule has 1 aromatic heterocycles. The molecule has 0 bridgehead atoms. The second-order valence-corrected chi connectivity index (χ2v) is 4.66. The monoisotopic (exact) mass is 243 g/mol. The molecule has 1 aromatic rings. The zero-order chi connectivity index (χ0) is 11.8. The third-order valence-electron chi connectivity index (χ3n) is 2.12. The fraction of sp³-hybridized carbons (Fsp3) is 0.727. The summed E-state index contributed by atoms with van der Waals surface area (Å²) in [4.78, 5) is 0. The Bertz CT molecular complexity index is 301. The first-order valence-corrected chi connectivity index (χ1v) is 6.64. The number of thioether (sulfide) groups is 1. The van der Waals surface area contributed by atoms with E-state index in [1.54, 1.807) is 0 Å². The Morgan fingerprint density at radius 1 is 1.50 bits per heavy atom. The van der Waals surface area contributed by atoms with Gasteiger partial charge in [0.2, 0.25) is 0 Å². The first-order valence-electron chi connectivity index (χ1n) is 5.66. The lowest BCUT2D eigenvalue weighted by molar-refractivity contribution is 0.150. The van der Waals surface area contributed by atoms with E-state index in [0.717, 1.165) is 37.8 Å². The number of ether oxygens (including phenoxy) is 1. The SMILES string of the molecule is CCOCCNCCSc1cc(C)nn1C. The van der Waals surface area contributed by atoms with Crippen LogP contribution in [0.5, 0.6) is 0 Å². The second-order valence-electron chi connectivity index (χ2n) is 3.54. The maximum atomic E-state index is 5.24. The fourth-order valence-corrected chi connectivity index (χ4v) is 2.30. The van der Waals surface area contributed by atoms with Gasteiger partial charge < -0.3 is 10.1 Å². The third kappa shape index (κ3) is 5.01. The normalized spacial score (nSPS) is 10.9. The number of aromatic nitrogens is 2. The molecule has 0 spiro atoms. The van der Waals surface area contributed by atoms with Crippen molar-refractivity contribution in [3.8, 4) is 0 Å². The molecule has 1 rings (SSSR count). The van der Waals surface area contributed by atoms with Crippen molar-refractivity contribution in [3.63, 3.8) is 0 Å². The van der Waals surface area contributed by atoms with Gasteiger partial charge in [-0.15, -0.1) is 11.8 Å². The van der Waals surface area contributed by atoms with E-state index in [9.17, 15) is 0 Å². The molecule has 0 aliphatic carbocycles. The van der Waals surface area contributed by atoms with Crippen LogP contribution in [0.25, 0.3) is 0 Å². The summed E-state index contributed by atoms with van der Waals surface area (Å²) < 4.78 is 7.17. The van der Waals surface area contributed by atoms with E-state index in [0.29, 0.717) is 0 Å². The molecule has 0 aliphatic heterocycles. The zero-order valence-corrected chi connectivity index (χ0v) is 11.1. The smallest absolute Gasteiger partial charge is 0.0939 e. The molecule has 0 saturated heterocycles. The van der Waals surface area contributed by atoms with Crippen LogP contribution >= 0.6 is 11.8 Å². The molecule has 5 heteroatoms. The van der Waals surface area contributed by atoms with Crippen molar-refractivity contribution < 1.29 is 4.74 Å². The van der Waals surface area contributed by atoms with Gasteiger partial charge in [0.1, 0.15) is 0 Å². The maximum Gasteiger partial charge on any atom is 0.0939 e. The number of hydrogen-bond donors (Lipinski definition) is 1. The van der Waals surface area contributed by atoms with Crippen LogP contribution in [-0.2, 0) is 11.8 Å². The lowest BCUT2D eigenvalue weighted by Gasteiger charge is -2.04. The van der Waals surface area contributed by atoms with Gasteiger partial charge in [-0.2, -0.15) is 5.10 Å². The topological polar surface area (TPSA) is 39.1 Å². The van der Waals surface area contributed by atoms with Crippen molar-refractivity contribution in [1.82, 2.24) is 15.1 Å². The van der Waals surface area contributed by atoms with Crippen molar-refractivity contribution in [2.24, 2.45) is 7.05 Å². The van der Waals surface area contributed by atoms with E-state index >= 15 is 0 Å². The Balaban J connectivity index is 2.05. The van der Waals surface area contributed by atoms with Gasteiger partial charge in [0.05, 0.1) is 17.3 Å². The molecule has 92 valence electrons. The molecule has 1 N–H and O–H groups in total. The van der Waals surface area contributed by atoms with Gasteiger partial charge in [-0.05, 0) is 19.9 Å². The second kappa shape index (κ2) is 7.70. The van der Waals surface area contributed by atoms with E-state index in [1.165, 1.54) is 5.03 Å². The van der Waals surface area contributed by atoms with Gasteiger partial charge in [0.25, 0.3) is 0 Å². The van der Waals surface area contributed by atoms with Gasteiger partial charge in [-0.25, -0.2) is 0 Å². The minimum Gasteiger partial charge on any atom is -0.380 e. The van der Waals surface area contributed by atoms with Crippen LogP contribution in [0.1, 0.15) is 12.6 Å². The highest BCUT2D eigenvalue weighted by molar-refractivity contribution is 7.99. The lowest BCUT2D eigenvalue weighted by atomic mass is 10.5. The summed E-state index contributed by atoms with van der Waals surface area (Å²) in [5.74, 6) is 1.06. The number of nitrogens with zero attached hydrogens (tertiary/aromatic N) is 2. The molecule has 1 heterocycles. The van der Waals surface area contributed by atoms with Gasteiger partial charge in [-0.1, -0.05) is 0 Å². The molecule has 4 nitrogen and oxygen atoms in total.